The van der Waals surface area contributed by atoms with Gasteiger partial charge < -0.3 is 14.2 Å². The summed E-state index contributed by atoms with van der Waals surface area (Å²) in [6, 6.07) is 8.52. The molecule has 1 aromatic carbocycles. The summed E-state index contributed by atoms with van der Waals surface area (Å²) in [5, 5.41) is 0. The summed E-state index contributed by atoms with van der Waals surface area (Å²) in [5.41, 5.74) is 2.57. The van der Waals surface area contributed by atoms with Crippen LogP contribution in [0, 0.1) is 6.92 Å². The third-order valence-electron chi connectivity index (χ3n) is 2.51. The molecule has 0 bridgehead atoms. The highest BCUT2D eigenvalue weighted by Gasteiger charge is 2.03. The van der Waals surface area contributed by atoms with Crippen LogP contribution in [0.25, 0.3) is 0 Å². The van der Waals surface area contributed by atoms with Crippen molar-refractivity contribution in [2.45, 2.75) is 26.4 Å². The molecule has 0 aliphatic heterocycles. The topological polar surface area (TPSA) is 27.7 Å². The van der Waals surface area contributed by atoms with Crippen LogP contribution in [0.15, 0.2) is 24.3 Å². The number of benzene rings is 1. The monoisotopic (exact) mass is 238 g/mol. The summed E-state index contributed by atoms with van der Waals surface area (Å²) < 4.78 is 15.7. The Hall–Kier alpha value is -0.900. The normalized spacial score (nSPS) is 12.6. The summed E-state index contributed by atoms with van der Waals surface area (Å²) >= 11 is 0. The molecule has 0 spiro atoms. The van der Waals surface area contributed by atoms with Gasteiger partial charge in [-0.3, -0.25) is 0 Å². The van der Waals surface area contributed by atoms with Gasteiger partial charge in [-0.15, -0.1) is 0 Å². The molecule has 1 aromatic rings. The molecule has 0 fully saturated rings. The first-order chi connectivity index (χ1) is 8.22. The molecule has 3 heteroatoms. The highest BCUT2D eigenvalue weighted by atomic mass is 16.7. The first-order valence-corrected chi connectivity index (χ1v) is 5.96. The summed E-state index contributed by atoms with van der Waals surface area (Å²) in [7, 11) is 1.66. The summed E-state index contributed by atoms with van der Waals surface area (Å²) in [6.07, 6.45) is 1.08. The van der Waals surface area contributed by atoms with Gasteiger partial charge in [-0.05, 0) is 25.8 Å². The van der Waals surface area contributed by atoms with Crippen molar-refractivity contribution in [3.8, 4) is 0 Å². The molecule has 17 heavy (non-hydrogen) atoms. The predicted molar refractivity (Wildman–Crippen MR) is 68.1 cm³/mol. The van der Waals surface area contributed by atoms with Gasteiger partial charge in [0.1, 0.15) is 6.79 Å². The van der Waals surface area contributed by atoms with Gasteiger partial charge in [0.05, 0.1) is 19.3 Å². The molecule has 1 rings (SSSR count). The Labute approximate surface area is 104 Å². The average molecular weight is 238 g/mol. The minimum absolute atomic E-state index is 0.167. The second-order valence-corrected chi connectivity index (χ2v) is 4.19. The molecule has 0 radical (unpaired) electrons. The van der Waals surface area contributed by atoms with Gasteiger partial charge in [-0.25, -0.2) is 0 Å². The minimum atomic E-state index is 0.167. The van der Waals surface area contributed by atoms with Crippen LogP contribution in [-0.2, 0) is 20.6 Å². The minimum Gasteiger partial charge on any atom is -0.382 e. The Morgan fingerprint density at radius 2 is 1.82 bits per heavy atom. The zero-order chi connectivity index (χ0) is 12.5. The van der Waals surface area contributed by atoms with Gasteiger partial charge in [0.25, 0.3) is 0 Å². The van der Waals surface area contributed by atoms with Crippen molar-refractivity contribution >= 4 is 0 Å². The lowest BCUT2D eigenvalue weighted by atomic mass is 10.1. The van der Waals surface area contributed by atoms with E-state index in [0.717, 1.165) is 6.42 Å². The first-order valence-electron chi connectivity index (χ1n) is 5.96. The molecule has 3 nitrogen and oxygen atoms in total. The van der Waals surface area contributed by atoms with Gasteiger partial charge in [-0.2, -0.15) is 0 Å². The number of rotatable bonds is 8. The zero-order valence-electron chi connectivity index (χ0n) is 10.9. The second-order valence-electron chi connectivity index (χ2n) is 4.19. The van der Waals surface area contributed by atoms with E-state index in [0.29, 0.717) is 20.0 Å². The van der Waals surface area contributed by atoms with Crippen LogP contribution >= 0.6 is 0 Å². The van der Waals surface area contributed by atoms with Crippen molar-refractivity contribution in [3.05, 3.63) is 35.4 Å². The number of methoxy groups -OCH3 is 1. The number of hydrogen-bond acceptors (Lipinski definition) is 3. The molecule has 0 aliphatic rings. The van der Waals surface area contributed by atoms with Gasteiger partial charge in [0.2, 0.25) is 0 Å². The summed E-state index contributed by atoms with van der Waals surface area (Å²) in [6.45, 7) is 5.66. The predicted octanol–water partition coefficient (Wildman–Crippen LogP) is 2.56. The van der Waals surface area contributed by atoms with Gasteiger partial charge >= 0.3 is 0 Å². The van der Waals surface area contributed by atoms with Gasteiger partial charge in [-0.1, -0.05) is 29.8 Å². The van der Waals surface area contributed by atoms with Crippen molar-refractivity contribution in [1.82, 2.24) is 0 Å². The highest BCUT2D eigenvalue weighted by molar-refractivity contribution is 5.21. The summed E-state index contributed by atoms with van der Waals surface area (Å²) in [5.74, 6) is 0. The van der Waals surface area contributed by atoms with Crippen LogP contribution in [0.3, 0.4) is 0 Å². The molecule has 0 saturated carbocycles. The maximum atomic E-state index is 5.54. The van der Waals surface area contributed by atoms with Crippen molar-refractivity contribution in [1.29, 1.82) is 0 Å². The number of aryl methyl sites for hydroxylation is 1. The van der Waals surface area contributed by atoms with E-state index in [2.05, 4.69) is 38.1 Å². The fraction of sp³-hybridized carbons (Fsp3) is 0.571. The molecule has 0 aliphatic carbocycles. The van der Waals surface area contributed by atoms with E-state index in [1.165, 1.54) is 11.1 Å². The Morgan fingerprint density at radius 3 is 2.47 bits per heavy atom. The lowest BCUT2D eigenvalue weighted by Crippen LogP contribution is -2.15. The Morgan fingerprint density at radius 1 is 1.12 bits per heavy atom. The van der Waals surface area contributed by atoms with Crippen molar-refractivity contribution in [3.63, 3.8) is 0 Å². The van der Waals surface area contributed by atoms with E-state index in [-0.39, 0.29) is 6.10 Å². The molecular formula is C14H22O3. The fourth-order valence-electron chi connectivity index (χ4n) is 1.48. The van der Waals surface area contributed by atoms with Crippen LogP contribution in [0.1, 0.15) is 18.1 Å². The molecule has 0 amide bonds. The van der Waals surface area contributed by atoms with Gasteiger partial charge in [0, 0.05) is 7.11 Å². The number of ether oxygens (including phenoxy) is 3. The van der Waals surface area contributed by atoms with Crippen molar-refractivity contribution in [2.24, 2.45) is 0 Å². The first kappa shape index (κ1) is 14.2. The Kier molecular flexibility index (Phi) is 6.86. The van der Waals surface area contributed by atoms with Gasteiger partial charge in [0.15, 0.2) is 0 Å². The smallest absolute Gasteiger partial charge is 0.147 e. The quantitative estimate of drug-likeness (QED) is 0.514. The second kappa shape index (κ2) is 8.23. The molecule has 96 valence electrons. The standard InChI is InChI=1S/C14H22O3/c1-12-4-6-14(7-5-12)10-13(2)17-11-16-9-8-15-3/h4-7,13H,8-11H2,1-3H3. The van der Waals surface area contributed by atoms with E-state index >= 15 is 0 Å². The SMILES string of the molecule is COCCOCOC(C)Cc1ccc(C)cc1. The molecule has 0 N–H and O–H groups in total. The third-order valence-corrected chi connectivity index (χ3v) is 2.51. The van der Waals surface area contributed by atoms with E-state index in [1.54, 1.807) is 7.11 Å². The lowest BCUT2D eigenvalue weighted by Gasteiger charge is -2.13. The third kappa shape index (κ3) is 6.41. The molecule has 0 saturated heterocycles. The van der Waals surface area contributed by atoms with Crippen molar-refractivity contribution in [2.75, 3.05) is 27.1 Å². The number of hydrogen-bond donors (Lipinski definition) is 0. The molecule has 0 heterocycles. The van der Waals surface area contributed by atoms with Crippen LogP contribution in [0.5, 0.6) is 0 Å². The molecule has 1 unspecified atom stereocenters. The average Bonchev–Trinajstić information content (AvgIpc) is 2.32. The van der Waals surface area contributed by atoms with Crippen molar-refractivity contribution < 1.29 is 14.2 Å². The summed E-state index contributed by atoms with van der Waals surface area (Å²) in [4.78, 5) is 0. The Balaban J connectivity index is 2.16. The zero-order valence-corrected chi connectivity index (χ0v) is 10.9. The lowest BCUT2D eigenvalue weighted by molar-refractivity contribution is -0.0919. The van der Waals surface area contributed by atoms with E-state index in [1.807, 2.05) is 0 Å². The molecular weight excluding hydrogens is 216 g/mol. The maximum absolute atomic E-state index is 5.54. The van der Waals surface area contributed by atoms with E-state index in [9.17, 15) is 0 Å². The maximum Gasteiger partial charge on any atom is 0.147 e. The molecule has 0 aromatic heterocycles. The van der Waals surface area contributed by atoms with Crippen LogP contribution in [0.2, 0.25) is 0 Å². The van der Waals surface area contributed by atoms with E-state index < -0.39 is 0 Å². The van der Waals surface area contributed by atoms with Crippen LogP contribution < -0.4 is 0 Å². The Bertz CT molecular complexity index is 295. The fourth-order valence-corrected chi connectivity index (χ4v) is 1.48. The van der Waals surface area contributed by atoms with Crippen LogP contribution in [0.4, 0.5) is 0 Å². The largest absolute Gasteiger partial charge is 0.382 e. The van der Waals surface area contributed by atoms with Crippen LogP contribution in [-0.4, -0.2) is 33.2 Å². The van der Waals surface area contributed by atoms with E-state index in [4.69, 9.17) is 14.2 Å². The highest BCUT2D eigenvalue weighted by Crippen LogP contribution is 2.07. The molecule has 1 atom stereocenters.